The molecule has 0 amide bonds. The second kappa shape index (κ2) is 10.4. The van der Waals surface area contributed by atoms with E-state index in [4.69, 9.17) is 14.2 Å². The number of hydrogen-bond acceptors (Lipinski definition) is 4. The Morgan fingerprint density at radius 1 is 1.24 bits per heavy atom. The van der Waals surface area contributed by atoms with Crippen LogP contribution in [0, 0.1) is 3.57 Å². The average Bonchev–Trinajstić information content (AvgIpc) is 3.17. The molecule has 4 nitrogen and oxygen atoms in total. The zero-order valence-electron chi connectivity index (χ0n) is 17.9. The number of ether oxygens (including phenoxy) is 3. The predicted octanol–water partition coefficient (Wildman–Crippen LogP) is 4.97. The highest BCUT2D eigenvalue weighted by Crippen LogP contribution is 2.46. The van der Waals surface area contributed by atoms with E-state index in [-0.39, 0.29) is 11.0 Å². The van der Waals surface area contributed by atoms with Gasteiger partial charge in [-0.05, 0) is 91.6 Å². The molecule has 1 spiro atoms. The van der Waals surface area contributed by atoms with Gasteiger partial charge in [0.05, 0.1) is 19.3 Å². The summed E-state index contributed by atoms with van der Waals surface area (Å²) >= 11 is 2.38. The van der Waals surface area contributed by atoms with Gasteiger partial charge in [-0.1, -0.05) is 18.2 Å². The zero-order chi connectivity index (χ0) is 20.7. The maximum Gasteiger partial charge on any atom is 0.118 e. The van der Waals surface area contributed by atoms with Crippen LogP contribution in [0.2, 0.25) is 0 Å². The van der Waals surface area contributed by atoms with Gasteiger partial charge in [0, 0.05) is 35.2 Å². The van der Waals surface area contributed by atoms with Crippen molar-refractivity contribution in [1.29, 1.82) is 0 Å². The van der Waals surface area contributed by atoms with Crippen molar-refractivity contribution in [2.45, 2.75) is 50.5 Å². The smallest absolute Gasteiger partial charge is 0.118 e. The number of halogens is 1. The second-order valence-corrected chi connectivity index (χ2v) is 9.57. The van der Waals surface area contributed by atoms with Crippen LogP contribution in [0.25, 0.3) is 0 Å². The van der Waals surface area contributed by atoms with Crippen LogP contribution >= 0.6 is 22.6 Å². The monoisotopic (exact) mass is 511 g/mol. The molecule has 2 fully saturated rings. The predicted molar refractivity (Wildman–Crippen MR) is 126 cm³/mol. The van der Waals surface area contributed by atoms with Gasteiger partial charge in [0.2, 0.25) is 0 Å². The molecule has 1 aromatic carbocycles. The van der Waals surface area contributed by atoms with Gasteiger partial charge in [0.25, 0.3) is 0 Å². The highest BCUT2D eigenvalue weighted by Gasteiger charge is 2.48. The van der Waals surface area contributed by atoms with E-state index in [1.54, 1.807) is 7.11 Å². The summed E-state index contributed by atoms with van der Waals surface area (Å²) in [6.07, 6.45) is 8.24. The van der Waals surface area contributed by atoms with E-state index in [1.165, 1.54) is 14.7 Å². The Morgan fingerprint density at radius 3 is 2.69 bits per heavy atom. The second-order valence-electron chi connectivity index (χ2n) is 8.32. The van der Waals surface area contributed by atoms with Crippen molar-refractivity contribution >= 4 is 22.6 Å². The summed E-state index contributed by atoms with van der Waals surface area (Å²) in [7, 11) is 1.73. The first-order valence-electron chi connectivity index (χ1n) is 10.6. The van der Waals surface area contributed by atoms with Gasteiger partial charge < -0.3 is 19.5 Å². The molecule has 29 heavy (non-hydrogen) atoms. The Labute approximate surface area is 189 Å². The standard InChI is InChI=1S/C24H34INO3/c1-4-5-22(27-3)19(2)16-26-13-10-23(20-6-8-21(25)9-7-20)11-15-29-24(17-23)12-14-28-18-24/h4-9,26H,10-18H2,1-3H3/b5-4-,22-19-/t23-,24-/m1/s1. The molecule has 160 valence electrons. The molecule has 1 aromatic rings. The largest absolute Gasteiger partial charge is 0.497 e. The molecular formula is C24H34INO3. The van der Waals surface area contributed by atoms with Crippen molar-refractivity contribution in [1.82, 2.24) is 5.32 Å². The van der Waals surface area contributed by atoms with Crippen LogP contribution < -0.4 is 5.32 Å². The van der Waals surface area contributed by atoms with Crippen LogP contribution in [-0.2, 0) is 19.6 Å². The molecule has 0 aliphatic carbocycles. The zero-order valence-corrected chi connectivity index (χ0v) is 20.1. The quantitative estimate of drug-likeness (QED) is 0.232. The molecule has 3 rings (SSSR count). The van der Waals surface area contributed by atoms with Gasteiger partial charge in [-0.2, -0.15) is 0 Å². The first-order valence-corrected chi connectivity index (χ1v) is 11.7. The Balaban J connectivity index is 1.72. The van der Waals surface area contributed by atoms with Crippen LogP contribution in [0.4, 0.5) is 0 Å². The van der Waals surface area contributed by atoms with E-state index < -0.39 is 0 Å². The van der Waals surface area contributed by atoms with E-state index in [0.29, 0.717) is 0 Å². The highest BCUT2D eigenvalue weighted by atomic mass is 127. The van der Waals surface area contributed by atoms with Gasteiger partial charge in [-0.3, -0.25) is 0 Å². The third-order valence-electron chi connectivity index (χ3n) is 6.30. The summed E-state index contributed by atoms with van der Waals surface area (Å²) in [6.45, 7) is 8.29. The van der Waals surface area contributed by atoms with E-state index in [2.05, 4.69) is 59.1 Å². The van der Waals surface area contributed by atoms with Gasteiger partial charge in [0.15, 0.2) is 0 Å². The maximum absolute atomic E-state index is 6.27. The van der Waals surface area contributed by atoms with Gasteiger partial charge in [-0.25, -0.2) is 0 Å². The maximum atomic E-state index is 6.27. The molecule has 0 radical (unpaired) electrons. The molecule has 0 bridgehead atoms. The summed E-state index contributed by atoms with van der Waals surface area (Å²) in [4.78, 5) is 0. The van der Waals surface area contributed by atoms with Crippen LogP contribution in [0.15, 0.2) is 47.7 Å². The van der Waals surface area contributed by atoms with Crippen molar-refractivity contribution in [3.63, 3.8) is 0 Å². The third kappa shape index (κ3) is 5.63. The Hall–Kier alpha value is -0.890. The average molecular weight is 511 g/mol. The fourth-order valence-corrected chi connectivity index (χ4v) is 5.05. The minimum absolute atomic E-state index is 0.105. The van der Waals surface area contributed by atoms with Crippen LogP contribution in [0.3, 0.4) is 0 Å². The van der Waals surface area contributed by atoms with E-state index >= 15 is 0 Å². The molecule has 5 heteroatoms. The van der Waals surface area contributed by atoms with Crippen LogP contribution in [0.5, 0.6) is 0 Å². The molecular weight excluding hydrogens is 477 g/mol. The molecule has 0 saturated carbocycles. The summed E-state index contributed by atoms with van der Waals surface area (Å²) < 4.78 is 18.8. The fraction of sp³-hybridized carbons (Fsp3) is 0.583. The lowest BCUT2D eigenvalue weighted by Gasteiger charge is -2.46. The molecule has 2 aliphatic rings. The minimum atomic E-state index is -0.105. The Kier molecular flexibility index (Phi) is 8.19. The van der Waals surface area contributed by atoms with Gasteiger partial charge in [-0.15, -0.1) is 0 Å². The molecule has 0 unspecified atom stereocenters. The number of nitrogens with one attached hydrogen (secondary N) is 1. The summed E-state index contributed by atoms with van der Waals surface area (Å²) in [6, 6.07) is 9.09. The van der Waals surface area contributed by atoms with E-state index in [1.807, 2.05) is 19.1 Å². The van der Waals surface area contributed by atoms with Gasteiger partial charge in [0.1, 0.15) is 5.76 Å². The summed E-state index contributed by atoms with van der Waals surface area (Å²) in [5.41, 5.74) is 2.69. The highest BCUT2D eigenvalue weighted by molar-refractivity contribution is 14.1. The molecule has 0 aromatic heterocycles. The van der Waals surface area contributed by atoms with E-state index in [9.17, 15) is 0 Å². The van der Waals surface area contributed by atoms with Crippen molar-refractivity contribution < 1.29 is 14.2 Å². The van der Waals surface area contributed by atoms with Crippen molar-refractivity contribution in [2.75, 3.05) is 40.0 Å². The summed E-state index contributed by atoms with van der Waals surface area (Å²) in [5, 5.41) is 3.65. The number of rotatable bonds is 8. The fourth-order valence-electron chi connectivity index (χ4n) is 4.69. The number of methoxy groups -OCH3 is 1. The topological polar surface area (TPSA) is 39.7 Å². The van der Waals surface area contributed by atoms with Crippen molar-refractivity contribution in [3.8, 4) is 0 Å². The van der Waals surface area contributed by atoms with E-state index in [0.717, 1.165) is 64.4 Å². The SMILES string of the molecule is C/C=C\C(OC)=C(/C)CNCC[C@@]1(c2ccc(I)cc2)CCO[C@]2(CCOC2)C1. The molecule has 2 heterocycles. The lowest BCUT2D eigenvalue weighted by atomic mass is 9.66. The van der Waals surface area contributed by atoms with Crippen LogP contribution in [0.1, 0.15) is 45.1 Å². The molecule has 2 atom stereocenters. The third-order valence-corrected chi connectivity index (χ3v) is 7.02. The lowest BCUT2D eigenvalue weighted by Crippen LogP contribution is -2.49. The van der Waals surface area contributed by atoms with Crippen molar-refractivity contribution in [2.24, 2.45) is 0 Å². The molecule has 2 aliphatic heterocycles. The lowest BCUT2D eigenvalue weighted by molar-refractivity contribution is -0.108. The normalized spacial score (nSPS) is 28.1. The minimum Gasteiger partial charge on any atom is -0.497 e. The molecule has 1 N–H and O–H groups in total. The number of benzene rings is 1. The Bertz CT molecular complexity index is 722. The number of hydrogen-bond donors (Lipinski definition) is 1. The number of allylic oxidation sites excluding steroid dienone is 2. The first-order chi connectivity index (χ1) is 14.0. The summed E-state index contributed by atoms with van der Waals surface area (Å²) in [5.74, 6) is 0.945. The van der Waals surface area contributed by atoms with Crippen LogP contribution in [-0.4, -0.2) is 45.6 Å². The Morgan fingerprint density at radius 2 is 2.03 bits per heavy atom. The van der Waals surface area contributed by atoms with Crippen molar-refractivity contribution in [3.05, 3.63) is 56.9 Å². The first kappa shape index (κ1) is 22.8. The molecule has 2 saturated heterocycles. The van der Waals surface area contributed by atoms with Gasteiger partial charge >= 0.3 is 0 Å².